The predicted molar refractivity (Wildman–Crippen MR) is 78.0 cm³/mol. The second-order valence-electron chi connectivity index (χ2n) is 4.29. The van der Waals surface area contributed by atoms with Crippen molar-refractivity contribution in [2.45, 2.75) is 31.8 Å². The van der Waals surface area contributed by atoms with E-state index in [1.807, 2.05) is 0 Å². The Kier molecular flexibility index (Phi) is 8.62. The van der Waals surface area contributed by atoms with Gasteiger partial charge in [-0.2, -0.15) is 0 Å². The van der Waals surface area contributed by atoms with Crippen LogP contribution in [0.1, 0.15) is 19.8 Å². The van der Waals surface area contributed by atoms with E-state index in [2.05, 4.69) is 20.7 Å². The molecule has 0 aliphatic carbocycles. The summed E-state index contributed by atoms with van der Waals surface area (Å²) in [5, 5.41) is 8.15. The number of rotatable bonds is 10. The zero-order chi connectivity index (χ0) is 17.0. The summed E-state index contributed by atoms with van der Waals surface area (Å²) in [6.45, 7) is 1.95. The number of primary amides is 1. The van der Waals surface area contributed by atoms with Crippen LogP contribution in [0.15, 0.2) is 12.3 Å². The van der Waals surface area contributed by atoms with E-state index in [4.69, 9.17) is 1.41 Å². The van der Waals surface area contributed by atoms with E-state index in [9.17, 15) is 14.4 Å². The average molecular weight is 302 g/mol. The van der Waals surface area contributed by atoms with Crippen molar-refractivity contribution >= 4 is 17.8 Å². The maximum absolute atomic E-state index is 12.1. The highest BCUT2D eigenvalue weighted by Crippen LogP contribution is 1.99. The first-order valence-electron chi connectivity index (χ1n) is 7.10. The van der Waals surface area contributed by atoms with E-state index in [0.717, 1.165) is 0 Å². The van der Waals surface area contributed by atoms with Gasteiger partial charge in [-0.15, -0.1) is 0 Å². The Bertz CT molecular complexity index is 404. The van der Waals surface area contributed by atoms with Crippen molar-refractivity contribution in [3.63, 3.8) is 0 Å². The zero-order valence-corrected chi connectivity index (χ0v) is 12.6. The molecule has 0 aliphatic heterocycles. The first-order chi connectivity index (χ1) is 10.5. The highest BCUT2D eigenvalue weighted by molar-refractivity contribution is 5.89. The van der Waals surface area contributed by atoms with Gasteiger partial charge in [-0.3, -0.25) is 14.4 Å². The fourth-order valence-corrected chi connectivity index (χ4v) is 1.56. The molecule has 0 saturated heterocycles. The maximum Gasteiger partial charge on any atom is 0.305 e. The van der Waals surface area contributed by atoms with Crippen molar-refractivity contribution < 1.29 is 20.5 Å². The lowest BCUT2D eigenvalue weighted by Crippen LogP contribution is -2.54. The minimum absolute atomic E-state index is 0.0849. The van der Waals surface area contributed by atoms with Gasteiger partial charge in [0.1, 0.15) is 6.04 Å². The number of ether oxygens (including phenoxy) is 1. The third-order valence-corrected chi connectivity index (χ3v) is 2.77. The Morgan fingerprint density at radius 2 is 2.10 bits per heavy atom. The molecule has 2 amide bonds. The van der Waals surface area contributed by atoms with Crippen LogP contribution in [-0.2, 0) is 19.1 Å². The second kappa shape index (κ2) is 10.7. The number of esters is 1. The van der Waals surface area contributed by atoms with Crippen molar-refractivity contribution in [3.05, 3.63) is 12.3 Å². The molecule has 120 valence electrons. The summed E-state index contributed by atoms with van der Waals surface area (Å²) >= 11 is 0. The van der Waals surface area contributed by atoms with E-state index in [1.165, 1.54) is 7.11 Å². The van der Waals surface area contributed by atoms with E-state index >= 15 is 0 Å². The maximum atomic E-state index is 12.1. The van der Waals surface area contributed by atoms with Crippen LogP contribution in [0.5, 0.6) is 0 Å². The minimum Gasteiger partial charge on any atom is -0.469 e. The fourth-order valence-electron chi connectivity index (χ4n) is 1.56. The number of amides is 2. The molecular formula is C13H24N4O4. The predicted octanol–water partition coefficient (Wildman–Crippen LogP) is -1.38. The molecule has 8 heteroatoms. The number of carbonyl (C=O) groups is 3. The van der Waals surface area contributed by atoms with Gasteiger partial charge in [-0.25, -0.2) is 0 Å². The van der Waals surface area contributed by atoms with Crippen LogP contribution in [0, 0.1) is 0 Å². The Morgan fingerprint density at radius 3 is 2.62 bits per heavy atom. The first kappa shape index (κ1) is 17.0. The number of methoxy groups -OCH3 is 1. The van der Waals surface area contributed by atoms with E-state index in [-0.39, 0.29) is 19.4 Å². The van der Waals surface area contributed by atoms with Crippen molar-refractivity contribution in [2.24, 2.45) is 5.73 Å². The normalized spacial score (nSPS) is 14.0. The SMILES string of the molecule is [3H]NC(=O)[C@H](CNC=CC)NC(=O)[C@H](CCC(=O)OC)NC. The second-order valence-corrected chi connectivity index (χ2v) is 4.29. The molecule has 8 nitrogen and oxygen atoms in total. The van der Waals surface area contributed by atoms with Gasteiger partial charge in [0.2, 0.25) is 11.8 Å². The Balaban J connectivity index is 4.61. The summed E-state index contributed by atoms with van der Waals surface area (Å²) in [7, 11) is 2.86. The molecule has 0 saturated carbocycles. The summed E-state index contributed by atoms with van der Waals surface area (Å²) in [5.74, 6) is -1.47. The number of hydrogen-bond donors (Lipinski definition) is 4. The summed E-state index contributed by atoms with van der Waals surface area (Å²) in [5.41, 5.74) is 1.75. The first-order valence-corrected chi connectivity index (χ1v) is 6.60. The summed E-state index contributed by atoms with van der Waals surface area (Å²) in [4.78, 5) is 34.8. The van der Waals surface area contributed by atoms with Crippen molar-refractivity contribution in [3.8, 4) is 0 Å². The topological polar surface area (TPSA) is 123 Å². The van der Waals surface area contributed by atoms with Gasteiger partial charge in [-0.05, 0) is 26.6 Å². The molecule has 0 unspecified atom stereocenters. The Morgan fingerprint density at radius 1 is 1.38 bits per heavy atom. The van der Waals surface area contributed by atoms with Crippen LogP contribution in [0.3, 0.4) is 0 Å². The molecule has 5 N–H and O–H groups in total. The van der Waals surface area contributed by atoms with E-state index in [0.29, 0.717) is 0 Å². The van der Waals surface area contributed by atoms with Crippen LogP contribution >= 0.6 is 0 Å². The molecule has 0 heterocycles. The molecule has 21 heavy (non-hydrogen) atoms. The van der Waals surface area contributed by atoms with Crippen molar-refractivity contribution in [1.29, 1.82) is 0 Å². The summed E-state index contributed by atoms with van der Waals surface area (Å²) in [6, 6.07) is -1.53. The number of carbonyl (C=O) groups excluding carboxylic acids is 3. The van der Waals surface area contributed by atoms with Gasteiger partial charge < -0.3 is 26.4 Å². The van der Waals surface area contributed by atoms with Crippen LogP contribution in [-0.4, -0.2) is 50.6 Å². The van der Waals surface area contributed by atoms with Gasteiger partial charge in [0, 0.05) is 13.0 Å². The van der Waals surface area contributed by atoms with Crippen LogP contribution in [0.4, 0.5) is 0 Å². The average Bonchev–Trinajstić information content (AvgIpc) is 2.53. The van der Waals surface area contributed by atoms with Gasteiger partial charge in [0.05, 0.1) is 13.2 Å². The number of likely N-dealkylation sites (N-methyl/N-ethyl adjacent to an activating group) is 1. The molecule has 0 radical (unpaired) electrons. The molecule has 0 rings (SSSR count). The molecule has 0 aliphatic rings. The van der Waals surface area contributed by atoms with Gasteiger partial charge >= 0.3 is 5.97 Å². The number of nitrogens with two attached hydrogens (primary N) is 1. The van der Waals surface area contributed by atoms with Gasteiger partial charge in [0.25, 0.3) is 0 Å². The van der Waals surface area contributed by atoms with Crippen LogP contribution < -0.4 is 21.7 Å². The molecule has 2 atom stereocenters. The molecule has 0 aromatic rings. The number of allylic oxidation sites excluding steroid dienone is 1. The molecule has 0 fully saturated rings. The van der Waals surface area contributed by atoms with E-state index < -0.39 is 29.9 Å². The number of hydrogen-bond acceptors (Lipinski definition) is 6. The molecule has 0 bridgehead atoms. The zero-order valence-electron chi connectivity index (χ0n) is 13.6. The Hall–Kier alpha value is -2.09. The third kappa shape index (κ3) is 7.93. The molecular weight excluding hydrogens is 276 g/mol. The van der Waals surface area contributed by atoms with E-state index in [1.54, 1.807) is 32.0 Å². The van der Waals surface area contributed by atoms with Gasteiger partial charge in [0.15, 0.2) is 1.41 Å². The highest BCUT2D eigenvalue weighted by Gasteiger charge is 2.23. The fraction of sp³-hybridized carbons (Fsp3) is 0.615. The number of nitrogens with one attached hydrogen (secondary N) is 3. The molecule has 0 spiro atoms. The summed E-state index contributed by atoms with van der Waals surface area (Å²) < 4.78 is 11.4. The quantitative estimate of drug-likeness (QED) is 0.369. The van der Waals surface area contributed by atoms with Gasteiger partial charge in [-0.1, -0.05) is 6.08 Å². The lowest BCUT2D eigenvalue weighted by atomic mass is 10.1. The van der Waals surface area contributed by atoms with Crippen LogP contribution in [0.2, 0.25) is 1.41 Å². The largest absolute Gasteiger partial charge is 0.469 e. The smallest absolute Gasteiger partial charge is 0.305 e. The lowest BCUT2D eigenvalue weighted by Gasteiger charge is -2.20. The Labute approximate surface area is 125 Å². The molecule has 0 aromatic carbocycles. The summed E-state index contributed by atoms with van der Waals surface area (Å²) in [6.07, 6.45) is 3.70. The third-order valence-electron chi connectivity index (χ3n) is 2.77. The molecule has 0 aromatic heterocycles. The van der Waals surface area contributed by atoms with Crippen molar-refractivity contribution in [2.75, 3.05) is 20.7 Å². The van der Waals surface area contributed by atoms with Crippen molar-refractivity contribution in [1.82, 2.24) is 16.0 Å². The monoisotopic (exact) mass is 302 g/mol. The van der Waals surface area contributed by atoms with Crippen LogP contribution in [0.25, 0.3) is 0 Å². The minimum atomic E-state index is -0.893. The highest BCUT2D eigenvalue weighted by atomic mass is 16.5. The lowest BCUT2D eigenvalue weighted by molar-refractivity contribution is -0.141. The standard InChI is InChI=1S/C13H24N4O4/c1-4-7-16-8-10(12(14)19)17-13(20)9(15-2)5-6-11(18)21-3/h4,7,9-10,15-16H,5-6,8H2,1-3H3,(H2,14,19)(H,17,20)/t9-,10-/m0/s1/i/hT.